The van der Waals surface area contributed by atoms with Crippen molar-refractivity contribution in [2.45, 2.75) is 31.7 Å². The second kappa shape index (κ2) is 5.77. The number of hydrogen-bond donors (Lipinski definition) is 2. The summed E-state index contributed by atoms with van der Waals surface area (Å²) in [6.07, 6.45) is -7.01. The molecule has 0 bridgehead atoms. The Morgan fingerprint density at radius 1 is 1.29 bits per heavy atom. The van der Waals surface area contributed by atoms with E-state index in [9.17, 15) is 23.1 Å². The molecule has 0 radical (unpaired) electrons. The summed E-state index contributed by atoms with van der Waals surface area (Å²) in [5.41, 5.74) is -3.50. The van der Waals surface area contributed by atoms with Gasteiger partial charge in [0.1, 0.15) is 5.75 Å². The van der Waals surface area contributed by atoms with Crippen molar-refractivity contribution in [3.05, 3.63) is 42.0 Å². The highest BCUT2D eigenvalue weighted by molar-refractivity contribution is 5.87. The number of phenols is 1. The number of carbonyl (C=O) groups is 1. The summed E-state index contributed by atoms with van der Waals surface area (Å²) in [6, 6.07) is 4.52. The van der Waals surface area contributed by atoms with Gasteiger partial charge in [0.05, 0.1) is 0 Å². The van der Waals surface area contributed by atoms with Gasteiger partial charge in [0.15, 0.2) is 11.7 Å². The number of esters is 1. The molecular weight excluding hydrogens is 289 g/mol. The van der Waals surface area contributed by atoms with E-state index in [4.69, 9.17) is 9.84 Å². The SMILES string of the molecule is C=C(C)C(=O)OC(c1ccc(O)cc1)C(C)(O)C(F)(F)F. The molecule has 0 aliphatic heterocycles. The number of aromatic hydroxyl groups is 1. The Bertz CT molecular complexity index is 532. The van der Waals surface area contributed by atoms with Gasteiger partial charge in [0, 0.05) is 5.57 Å². The van der Waals surface area contributed by atoms with Crippen LogP contribution < -0.4 is 0 Å². The maximum absolute atomic E-state index is 13.0. The Labute approximate surface area is 119 Å². The Hall–Kier alpha value is -2.02. The van der Waals surface area contributed by atoms with E-state index in [1.165, 1.54) is 6.92 Å². The first kappa shape index (κ1) is 17.0. The van der Waals surface area contributed by atoms with E-state index >= 15 is 0 Å². The lowest BCUT2D eigenvalue weighted by Crippen LogP contribution is -2.49. The third-order valence-electron chi connectivity index (χ3n) is 2.85. The van der Waals surface area contributed by atoms with E-state index in [2.05, 4.69) is 6.58 Å². The van der Waals surface area contributed by atoms with E-state index in [1.54, 1.807) is 0 Å². The minimum absolute atomic E-state index is 0.100. The lowest BCUT2D eigenvalue weighted by atomic mass is 9.92. The van der Waals surface area contributed by atoms with E-state index < -0.39 is 23.9 Å². The molecule has 0 amide bonds. The molecule has 4 nitrogen and oxygen atoms in total. The van der Waals surface area contributed by atoms with Crippen molar-refractivity contribution in [1.29, 1.82) is 0 Å². The molecule has 2 N–H and O–H groups in total. The number of alkyl halides is 3. The van der Waals surface area contributed by atoms with Crippen molar-refractivity contribution in [3.63, 3.8) is 0 Å². The fourth-order valence-corrected chi connectivity index (χ4v) is 1.51. The molecule has 1 aromatic rings. The van der Waals surface area contributed by atoms with Crippen LogP contribution in [-0.4, -0.2) is 28.0 Å². The van der Waals surface area contributed by atoms with Crippen molar-refractivity contribution >= 4 is 5.97 Å². The van der Waals surface area contributed by atoms with Crippen LogP contribution in [0.5, 0.6) is 5.75 Å². The first-order valence-electron chi connectivity index (χ1n) is 5.91. The summed E-state index contributed by atoms with van der Waals surface area (Å²) in [5, 5.41) is 18.9. The zero-order valence-electron chi connectivity index (χ0n) is 11.4. The third kappa shape index (κ3) is 3.75. The predicted octanol–water partition coefficient (Wildman–Crippen LogP) is 2.87. The molecule has 0 fully saturated rings. The number of hydrogen-bond acceptors (Lipinski definition) is 4. The van der Waals surface area contributed by atoms with Crippen LogP contribution in [0.3, 0.4) is 0 Å². The van der Waals surface area contributed by atoms with Crippen LogP contribution in [0.15, 0.2) is 36.4 Å². The van der Waals surface area contributed by atoms with Crippen molar-refractivity contribution in [2.75, 3.05) is 0 Å². The second-order valence-corrected chi connectivity index (χ2v) is 4.80. The first-order valence-corrected chi connectivity index (χ1v) is 5.91. The zero-order valence-corrected chi connectivity index (χ0v) is 11.4. The molecule has 7 heteroatoms. The zero-order chi connectivity index (χ0) is 16.4. The van der Waals surface area contributed by atoms with Gasteiger partial charge in [-0.2, -0.15) is 13.2 Å². The summed E-state index contributed by atoms with van der Waals surface area (Å²) < 4.78 is 43.7. The molecule has 0 saturated carbocycles. The average Bonchev–Trinajstić information content (AvgIpc) is 2.35. The average molecular weight is 304 g/mol. The van der Waals surface area contributed by atoms with Crippen molar-refractivity contribution in [3.8, 4) is 5.75 Å². The van der Waals surface area contributed by atoms with Crippen LogP contribution in [0.1, 0.15) is 25.5 Å². The molecule has 21 heavy (non-hydrogen) atoms. The van der Waals surface area contributed by atoms with Crippen molar-refractivity contribution in [2.24, 2.45) is 0 Å². The van der Waals surface area contributed by atoms with Crippen molar-refractivity contribution in [1.82, 2.24) is 0 Å². The fraction of sp³-hybridized carbons (Fsp3) is 0.357. The molecule has 1 aromatic carbocycles. The summed E-state index contributed by atoms with van der Waals surface area (Å²) in [4.78, 5) is 11.5. The van der Waals surface area contributed by atoms with Crippen LogP contribution in [0, 0.1) is 0 Å². The number of ether oxygens (including phenoxy) is 1. The second-order valence-electron chi connectivity index (χ2n) is 4.80. The summed E-state index contributed by atoms with van der Waals surface area (Å²) in [7, 11) is 0. The molecule has 1 rings (SSSR count). The quantitative estimate of drug-likeness (QED) is 0.663. The van der Waals surface area contributed by atoms with Crippen LogP contribution in [0.4, 0.5) is 13.2 Å². The first-order chi connectivity index (χ1) is 9.46. The normalized spacial score (nSPS) is 15.9. The van der Waals surface area contributed by atoms with Gasteiger partial charge in [0.2, 0.25) is 0 Å². The van der Waals surface area contributed by atoms with Crippen LogP contribution in [0.2, 0.25) is 0 Å². The van der Waals surface area contributed by atoms with E-state index in [0.29, 0.717) is 6.92 Å². The van der Waals surface area contributed by atoms with E-state index in [-0.39, 0.29) is 16.9 Å². The van der Waals surface area contributed by atoms with Gasteiger partial charge >= 0.3 is 12.1 Å². The Balaban J connectivity index is 3.26. The van der Waals surface area contributed by atoms with Gasteiger partial charge in [-0.05, 0) is 31.5 Å². The number of aliphatic hydroxyl groups is 1. The molecule has 0 spiro atoms. The Kier molecular flexibility index (Phi) is 4.68. The highest BCUT2D eigenvalue weighted by atomic mass is 19.4. The van der Waals surface area contributed by atoms with Gasteiger partial charge in [0.25, 0.3) is 0 Å². The van der Waals surface area contributed by atoms with Crippen molar-refractivity contribution < 1.29 is 32.9 Å². The van der Waals surface area contributed by atoms with Gasteiger partial charge in [-0.25, -0.2) is 4.79 Å². The molecular formula is C14H15F3O4. The largest absolute Gasteiger partial charge is 0.508 e. The minimum atomic E-state index is -5.02. The van der Waals surface area contributed by atoms with Gasteiger partial charge in [-0.15, -0.1) is 0 Å². The topological polar surface area (TPSA) is 66.8 Å². The molecule has 2 atom stereocenters. The summed E-state index contributed by atoms with van der Waals surface area (Å²) in [6.45, 7) is 5.07. The Morgan fingerprint density at radius 2 is 1.76 bits per heavy atom. The molecule has 0 aliphatic carbocycles. The molecule has 0 saturated heterocycles. The van der Waals surface area contributed by atoms with Gasteiger partial charge < -0.3 is 14.9 Å². The van der Waals surface area contributed by atoms with Crippen LogP contribution >= 0.6 is 0 Å². The maximum atomic E-state index is 13.0. The lowest BCUT2D eigenvalue weighted by molar-refractivity contribution is -0.286. The monoisotopic (exact) mass is 304 g/mol. The van der Waals surface area contributed by atoms with E-state index in [1.807, 2.05) is 0 Å². The lowest BCUT2D eigenvalue weighted by Gasteiger charge is -2.34. The number of halogens is 3. The standard InChI is InChI=1S/C14H15F3O4/c1-8(2)12(19)21-11(13(3,20)14(15,16)17)9-4-6-10(18)7-5-9/h4-7,11,18,20H,1H2,2-3H3. The van der Waals surface area contributed by atoms with Gasteiger partial charge in [-0.3, -0.25) is 0 Å². The number of phenolic OH excluding ortho intramolecular Hbond substituents is 1. The number of rotatable bonds is 4. The summed E-state index contributed by atoms with van der Waals surface area (Å²) >= 11 is 0. The summed E-state index contributed by atoms with van der Waals surface area (Å²) in [5.74, 6) is -1.23. The highest BCUT2D eigenvalue weighted by Gasteiger charge is 2.57. The molecule has 0 aromatic heterocycles. The smallest absolute Gasteiger partial charge is 0.420 e. The maximum Gasteiger partial charge on any atom is 0.420 e. The number of carbonyl (C=O) groups excluding carboxylic acids is 1. The van der Waals surface area contributed by atoms with E-state index in [0.717, 1.165) is 24.3 Å². The molecule has 116 valence electrons. The minimum Gasteiger partial charge on any atom is -0.508 e. The van der Waals surface area contributed by atoms with Crippen LogP contribution in [-0.2, 0) is 9.53 Å². The Morgan fingerprint density at radius 3 is 2.14 bits per heavy atom. The van der Waals surface area contributed by atoms with Gasteiger partial charge in [-0.1, -0.05) is 18.7 Å². The highest BCUT2D eigenvalue weighted by Crippen LogP contribution is 2.42. The predicted molar refractivity (Wildman–Crippen MR) is 68.4 cm³/mol. The number of benzene rings is 1. The third-order valence-corrected chi connectivity index (χ3v) is 2.85. The fourth-order valence-electron chi connectivity index (χ4n) is 1.51. The van der Waals surface area contributed by atoms with Crippen LogP contribution in [0.25, 0.3) is 0 Å². The molecule has 0 aliphatic rings. The molecule has 0 heterocycles. The molecule has 2 unspecified atom stereocenters.